The van der Waals surface area contributed by atoms with Crippen molar-refractivity contribution < 1.29 is 14.2 Å². The number of nitrogens with one attached hydrogen (secondary N) is 2. The monoisotopic (exact) mass is 418 g/mol. The minimum absolute atomic E-state index is 0.117. The molecule has 1 unspecified atom stereocenters. The van der Waals surface area contributed by atoms with Crippen molar-refractivity contribution >= 4 is 17.6 Å². The van der Waals surface area contributed by atoms with Gasteiger partial charge in [0.25, 0.3) is 0 Å². The smallest absolute Gasteiger partial charge is 0.213 e. The van der Waals surface area contributed by atoms with Crippen molar-refractivity contribution in [3.8, 4) is 11.6 Å². The van der Waals surface area contributed by atoms with Crippen molar-refractivity contribution in [3.63, 3.8) is 0 Å². The highest BCUT2D eigenvalue weighted by Gasteiger charge is 2.18. The maximum atomic E-state index is 6.15. The van der Waals surface area contributed by atoms with Gasteiger partial charge in [0.05, 0.1) is 24.8 Å². The topological polar surface area (TPSA) is 77.0 Å². The van der Waals surface area contributed by atoms with Crippen LogP contribution in [-0.2, 0) is 11.3 Å². The van der Waals surface area contributed by atoms with Gasteiger partial charge in [-0.25, -0.2) is 4.98 Å². The van der Waals surface area contributed by atoms with Gasteiger partial charge in [-0.05, 0) is 24.6 Å². The predicted molar refractivity (Wildman–Crippen MR) is 114 cm³/mol. The van der Waals surface area contributed by atoms with Crippen LogP contribution in [0.3, 0.4) is 0 Å². The summed E-state index contributed by atoms with van der Waals surface area (Å²) in [6.45, 7) is 5.10. The van der Waals surface area contributed by atoms with E-state index in [2.05, 4.69) is 45.7 Å². The molecule has 2 aromatic rings. The summed E-state index contributed by atoms with van der Waals surface area (Å²) in [5.74, 6) is 2.12. The first kappa shape index (κ1) is 21.2. The van der Waals surface area contributed by atoms with Gasteiger partial charge in [0.1, 0.15) is 18.5 Å². The Morgan fingerprint density at radius 2 is 2.21 bits per heavy atom. The van der Waals surface area contributed by atoms with Crippen LogP contribution < -0.4 is 20.1 Å². The molecule has 0 spiro atoms. The quantitative estimate of drug-likeness (QED) is 0.390. The van der Waals surface area contributed by atoms with Crippen molar-refractivity contribution in [3.05, 3.63) is 52.7 Å². The second kappa shape index (κ2) is 10.9. The fourth-order valence-corrected chi connectivity index (χ4v) is 2.99. The molecule has 2 heterocycles. The zero-order valence-corrected chi connectivity index (χ0v) is 17.5. The van der Waals surface area contributed by atoms with Gasteiger partial charge >= 0.3 is 0 Å². The van der Waals surface area contributed by atoms with Crippen molar-refractivity contribution in [1.29, 1.82) is 0 Å². The average molecular weight is 419 g/mol. The van der Waals surface area contributed by atoms with E-state index < -0.39 is 0 Å². The summed E-state index contributed by atoms with van der Waals surface area (Å²) in [5.41, 5.74) is 2.24. The van der Waals surface area contributed by atoms with Gasteiger partial charge in [-0.2, -0.15) is 0 Å². The summed E-state index contributed by atoms with van der Waals surface area (Å²) in [7, 11) is 1.74. The predicted octanol–water partition coefficient (Wildman–Crippen LogP) is 2.96. The molecule has 2 N–H and O–H groups in total. The molecule has 8 heteroatoms. The molecule has 0 bridgehead atoms. The SMILES string of the molecule is CN=C(NCCOc1ccc(Cl)cn1)NCc1ccc(C)cc1OC1CCOC1. The lowest BCUT2D eigenvalue weighted by atomic mass is 10.1. The van der Waals surface area contributed by atoms with Crippen LogP contribution in [0, 0.1) is 6.92 Å². The maximum absolute atomic E-state index is 6.15. The van der Waals surface area contributed by atoms with E-state index in [1.54, 1.807) is 25.4 Å². The van der Waals surface area contributed by atoms with Crippen LogP contribution in [0.4, 0.5) is 0 Å². The highest BCUT2D eigenvalue weighted by Crippen LogP contribution is 2.23. The van der Waals surface area contributed by atoms with Gasteiger partial charge in [0.2, 0.25) is 5.88 Å². The number of halogens is 1. The third-order valence-corrected chi connectivity index (χ3v) is 4.64. The van der Waals surface area contributed by atoms with Gasteiger partial charge in [-0.3, -0.25) is 4.99 Å². The zero-order valence-electron chi connectivity index (χ0n) is 16.8. The van der Waals surface area contributed by atoms with Crippen LogP contribution >= 0.6 is 11.6 Å². The van der Waals surface area contributed by atoms with E-state index in [9.17, 15) is 0 Å². The molecule has 1 aromatic heterocycles. The minimum atomic E-state index is 0.117. The van der Waals surface area contributed by atoms with E-state index in [0.29, 0.717) is 43.2 Å². The van der Waals surface area contributed by atoms with Crippen LogP contribution in [0.5, 0.6) is 11.6 Å². The Hall–Kier alpha value is -2.51. The number of nitrogens with zero attached hydrogens (tertiary/aromatic N) is 2. The number of guanidine groups is 1. The fraction of sp³-hybridized carbons (Fsp3) is 0.429. The second-order valence-electron chi connectivity index (χ2n) is 6.73. The van der Waals surface area contributed by atoms with Crippen LogP contribution in [0.25, 0.3) is 0 Å². The first-order valence-corrected chi connectivity index (χ1v) is 10.0. The summed E-state index contributed by atoms with van der Waals surface area (Å²) >= 11 is 5.82. The Balaban J connectivity index is 1.46. The van der Waals surface area contributed by atoms with Crippen molar-refractivity contribution in [2.45, 2.75) is 26.0 Å². The molecule has 0 amide bonds. The number of aliphatic imine (C=N–C) groups is 1. The number of benzene rings is 1. The number of pyridine rings is 1. The van der Waals surface area contributed by atoms with E-state index in [1.807, 2.05) is 0 Å². The Bertz CT molecular complexity index is 808. The normalized spacial score (nSPS) is 16.5. The maximum Gasteiger partial charge on any atom is 0.213 e. The summed E-state index contributed by atoms with van der Waals surface area (Å²) in [4.78, 5) is 8.35. The fourth-order valence-electron chi connectivity index (χ4n) is 2.88. The van der Waals surface area contributed by atoms with Crippen LogP contribution in [-0.4, -0.2) is 50.5 Å². The molecule has 3 rings (SSSR count). The van der Waals surface area contributed by atoms with E-state index in [0.717, 1.165) is 29.9 Å². The van der Waals surface area contributed by atoms with Gasteiger partial charge < -0.3 is 24.8 Å². The van der Waals surface area contributed by atoms with Crippen LogP contribution in [0.15, 0.2) is 41.5 Å². The van der Waals surface area contributed by atoms with E-state index in [4.69, 9.17) is 25.8 Å². The Kier molecular flexibility index (Phi) is 7.95. The number of rotatable bonds is 8. The van der Waals surface area contributed by atoms with Crippen molar-refractivity contribution in [2.75, 3.05) is 33.4 Å². The minimum Gasteiger partial charge on any atom is -0.488 e. The highest BCUT2D eigenvalue weighted by molar-refractivity contribution is 6.30. The highest BCUT2D eigenvalue weighted by atomic mass is 35.5. The third kappa shape index (κ3) is 6.80. The van der Waals surface area contributed by atoms with Gasteiger partial charge in [0, 0.05) is 37.8 Å². The first-order valence-electron chi connectivity index (χ1n) is 9.67. The molecule has 0 aliphatic carbocycles. The third-order valence-electron chi connectivity index (χ3n) is 4.42. The molecule has 0 radical (unpaired) electrons. The molecule has 1 aromatic carbocycles. The Labute approximate surface area is 176 Å². The van der Waals surface area contributed by atoms with E-state index >= 15 is 0 Å². The molecule has 1 aliphatic rings. The average Bonchev–Trinajstić information content (AvgIpc) is 3.23. The van der Waals surface area contributed by atoms with Crippen LogP contribution in [0.2, 0.25) is 5.02 Å². The lowest BCUT2D eigenvalue weighted by molar-refractivity contribution is 0.140. The molecule has 1 saturated heterocycles. The summed E-state index contributed by atoms with van der Waals surface area (Å²) < 4.78 is 17.1. The Morgan fingerprint density at radius 1 is 1.31 bits per heavy atom. The molecule has 1 fully saturated rings. The molecule has 156 valence electrons. The summed E-state index contributed by atoms with van der Waals surface area (Å²) in [6, 6.07) is 9.72. The van der Waals surface area contributed by atoms with Crippen molar-refractivity contribution in [2.24, 2.45) is 4.99 Å². The zero-order chi connectivity index (χ0) is 20.5. The van der Waals surface area contributed by atoms with Crippen LogP contribution in [0.1, 0.15) is 17.5 Å². The van der Waals surface area contributed by atoms with Gasteiger partial charge in [0.15, 0.2) is 5.96 Å². The molecule has 0 saturated carbocycles. The largest absolute Gasteiger partial charge is 0.488 e. The van der Waals surface area contributed by atoms with Gasteiger partial charge in [-0.1, -0.05) is 23.7 Å². The standard InChI is InChI=1S/C21H27ClN4O3/c1-15-3-4-16(19(11-15)29-18-7-9-27-14-18)12-26-21(23-2)24-8-10-28-20-6-5-17(22)13-25-20/h3-6,11,13,18H,7-10,12,14H2,1-2H3,(H2,23,24,26). The first-order chi connectivity index (χ1) is 14.1. The molecule has 1 atom stereocenters. The lowest BCUT2D eigenvalue weighted by Crippen LogP contribution is -2.39. The molecular weight excluding hydrogens is 392 g/mol. The Morgan fingerprint density at radius 3 is 2.93 bits per heavy atom. The summed E-state index contributed by atoms with van der Waals surface area (Å²) in [5, 5.41) is 7.12. The molecule has 7 nitrogen and oxygen atoms in total. The van der Waals surface area contributed by atoms with Crippen molar-refractivity contribution in [1.82, 2.24) is 15.6 Å². The van der Waals surface area contributed by atoms with E-state index in [-0.39, 0.29) is 6.10 Å². The number of hydrogen-bond donors (Lipinski definition) is 2. The van der Waals surface area contributed by atoms with E-state index in [1.165, 1.54) is 0 Å². The second-order valence-corrected chi connectivity index (χ2v) is 7.17. The number of ether oxygens (including phenoxy) is 3. The lowest BCUT2D eigenvalue weighted by Gasteiger charge is -2.18. The number of aryl methyl sites for hydroxylation is 1. The number of aromatic nitrogens is 1. The molecule has 1 aliphatic heterocycles. The number of hydrogen-bond acceptors (Lipinski definition) is 5. The summed E-state index contributed by atoms with van der Waals surface area (Å²) in [6.07, 6.45) is 2.60. The van der Waals surface area contributed by atoms with Gasteiger partial charge in [-0.15, -0.1) is 0 Å². The molecule has 29 heavy (non-hydrogen) atoms. The molecular formula is C21H27ClN4O3.